The molecule has 0 aromatic heterocycles. The van der Waals surface area contributed by atoms with Gasteiger partial charge in [-0.15, -0.1) is 0 Å². The topological polar surface area (TPSA) is 87.4 Å². The minimum Gasteiger partial charge on any atom is -0.373 e. The van der Waals surface area contributed by atoms with Crippen molar-refractivity contribution in [2.75, 3.05) is 11.9 Å². The standard InChI is InChI=1S/C12H15N3O2/c13-10(16)9-5-12(6-14-9)7-3-1-2-4-8(7)15-11(12)17/h1-4,9,11,14-15,17H,5-6H2,(H2,13,16)/t9?,11?,12-/m0/s1. The van der Waals surface area contributed by atoms with Crippen LogP contribution in [0.2, 0.25) is 0 Å². The number of aliphatic hydroxyl groups is 1. The molecule has 1 fully saturated rings. The molecule has 5 heteroatoms. The number of nitrogens with two attached hydrogens (primary N) is 1. The van der Waals surface area contributed by atoms with Crippen molar-refractivity contribution < 1.29 is 9.90 Å². The van der Waals surface area contributed by atoms with Gasteiger partial charge in [-0.3, -0.25) is 4.79 Å². The monoisotopic (exact) mass is 233 g/mol. The number of anilines is 1. The summed E-state index contributed by atoms with van der Waals surface area (Å²) in [5, 5.41) is 16.3. The van der Waals surface area contributed by atoms with Crippen LogP contribution in [0.15, 0.2) is 24.3 Å². The highest BCUT2D eigenvalue weighted by molar-refractivity contribution is 5.81. The number of fused-ring (bicyclic) bond motifs is 2. The van der Waals surface area contributed by atoms with Gasteiger partial charge in [0.05, 0.1) is 11.5 Å². The van der Waals surface area contributed by atoms with Gasteiger partial charge in [0.2, 0.25) is 5.91 Å². The number of carbonyl (C=O) groups is 1. The summed E-state index contributed by atoms with van der Waals surface area (Å²) in [6.45, 7) is 0.561. The van der Waals surface area contributed by atoms with Crippen molar-refractivity contribution in [2.24, 2.45) is 5.73 Å². The molecule has 1 saturated heterocycles. The molecule has 2 aliphatic rings. The number of benzene rings is 1. The van der Waals surface area contributed by atoms with Crippen LogP contribution in [-0.2, 0) is 10.2 Å². The van der Waals surface area contributed by atoms with Gasteiger partial charge in [-0.2, -0.15) is 0 Å². The SMILES string of the molecule is NC(=O)C1C[C@]2(CN1)c1ccccc1NC2O. The zero-order valence-corrected chi connectivity index (χ0v) is 9.31. The molecule has 5 N–H and O–H groups in total. The first-order valence-electron chi connectivity index (χ1n) is 5.70. The Morgan fingerprint density at radius 2 is 2.24 bits per heavy atom. The fourth-order valence-electron chi connectivity index (χ4n) is 2.90. The summed E-state index contributed by atoms with van der Waals surface area (Å²) in [6, 6.07) is 7.43. The lowest BCUT2D eigenvalue weighted by Gasteiger charge is -2.26. The number of rotatable bonds is 1. The van der Waals surface area contributed by atoms with Crippen molar-refractivity contribution in [3.63, 3.8) is 0 Å². The van der Waals surface area contributed by atoms with Crippen LogP contribution >= 0.6 is 0 Å². The Labute approximate surface area is 99.0 Å². The lowest BCUT2D eigenvalue weighted by Crippen LogP contribution is -2.40. The first-order valence-corrected chi connectivity index (χ1v) is 5.70. The average Bonchev–Trinajstić information content (AvgIpc) is 2.85. The molecule has 0 aliphatic carbocycles. The Balaban J connectivity index is 2.01. The number of hydrogen-bond donors (Lipinski definition) is 4. The van der Waals surface area contributed by atoms with Crippen LogP contribution in [-0.4, -0.2) is 29.8 Å². The Kier molecular flexibility index (Phi) is 2.14. The number of primary amides is 1. The van der Waals surface area contributed by atoms with Crippen molar-refractivity contribution in [3.8, 4) is 0 Å². The summed E-state index contributed by atoms with van der Waals surface area (Å²) < 4.78 is 0. The summed E-state index contributed by atoms with van der Waals surface area (Å²) in [7, 11) is 0. The fourth-order valence-corrected chi connectivity index (χ4v) is 2.90. The molecule has 3 atom stereocenters. The predicted molar refractivity (Wildman–Crippen MR) is 63.4 cm³/mol. The van der Waals surface area contributed by atoms with E-state index in [1.165, 1.54) is 0 Å². The van der Waals surface area contributed by atoms with Crippen LogP contribution in [0.3, 0.4) is 0 Å². The molecule has 2 aliphatic heterocycles. The minimum atomic E-state index is -0.670. The molecule has 3 rings (SSSR count). The smallest absolute Gasteiger partial charge is 0.234 e. The van der Waals surface area contributed by atoms with E-state index in [0.29, 0.717) is 13.0 Å². The fraction of sp³-hybridized carbons (Fsp3) is 0.417. The largest absolute Gasteiger partial charge is 0.373 e. The number of aliphatic hydroxyl groups excluding tert-OH is 1. The number of para-hydroxylation sites is 1. The molecule has 1 spiro atoms. The van der Waals surface area contributed by atoms with Gasteiger partial charge in [-0.1, -0.05) is 18.2 Å². The first kappa shape index (κ1) is 10.6. The number of nitrogens with one attached hydrogen (secondary N) is 2. The van der Waals surface area contributed by atoms with Gasteiger partial charge < -0.3 is 21.5 Å². The average molecular weight is 233 g/mol. The van der Waals surface area contributed by atoms with Crippen LogP contribution in [0.1, 0.15) is 12.0 Å². The molecular weight excluding hydrogens is 218 g/mol. The highest BCUT2D eigenvalue weighted by Crippen LogP contribution is 2.45. The summed E-state index contributed by atoms with van der Waals surface area (Å²) in [5.74, 6) is -0.363. The third kappa shape index (κ3) is 1.36. The third-order valence-electron chi connectivity index (χ3n) is 3.85. The molecular formula is C12H15N3O2. The maximum Gasteiger partial charge on any atom is 0.234 e. The molecule has 2 heterocycles. The summed E-state index contributed by atoms with van der Waals surface area (Å²) in [6.07, 6.45) is -0.134. The van der Waals surface area contributed by atoms with Crippen LogP contribution < -0.4 is 16.4 Å². The molecule has 90 valence electrons. The number of hydrogen-bond acceptors (Lipinski definition) is 4. The number of carbonyl (C=O) groups excluding carboxylic acids is 1. The van der Waals surface area contributed by atoms with E-state index >= 15 is 0 Å². The van der Waals surface area contributed by atoms with E-state index in [4.69, 9.17) is 5.73 Å². The Morgan fingerprint density at radius 3 is 2.94 bits per heavy atom. The molecule has 5 nitrogen and oxygen atoms in total. The van der Waals surface area contributed by atoms with E-state index in [9.17, 15) is 9.90 Å². The molecule has 17 heavy (non-hydrogen) atoms. The molecule has 0 radical (unpaired) electrons. The van der Waals surface area contributed by atoms with Gasteiger partial charge in [0.1, 0.15) is 6.23 Å². The molecule has 1 amide bonds. The van der Waals surface area contributed by atoms with Crippen LogP contribution in [0, 0.1) is 0 Å². The minimum absolute atomic E-state index is 0.363. The summed E-state index contributed by atoms with van der Waals surface area (Å²) in [5.41, 5.74) is 6.87. The zero-order chi connectivity index (χ0) is 12.0. The van der Waals surface area contributed by atoms with Crippen molar-refractivity contribution >= 4 is 11.6 Å². The Morgan fingerprint density at radius 1 is 1.47 bits per heavy atom. The second-order valence-corrected chi connectivity index (χ2v) is 4.79. The van der Waals surface area contributed by atoms with Gasteiger partial charge >= 0.3 is 0 Å². The van der Waals surface area contributed by atoms with E-state index in [1.807, 2.05) is 24.3 Å². The molecule has 1 aromatic rings. The normalized spacial score (nSPS) is 34.6. The summed E-state index contributed by atoms with van der Waals surface area (Å²) in [4.78, 5) is 11.2. The van der Waals surface area contributed by atoms with Gasteiger partial charge in [0.25, 0.3) is 0 Å². The second kappa shape index (κ2) is 3.45. The highest BCUT2D eigenvalue weighted by Gasteiger charge is 2.51. The predicted octanol–water partition coefficient (Wildman–Crippen LogP) is -0.484. The van der Waals surface area contributed by atoms with Crippen molar-refractivity contribution in [2.45, 2.75) is 24.1 Å². The highest BCUT2D eigenvalue weighted by atomic mass is 16.3. The second-order valence-electron chi connectivity index (χ2n) is 4.79. The van der Waals surface area contributed by atoms with Crippen molar-refractivity contribution in [1.82, 2.24) is 5.32 Å². The molecule has 0 saturated carbocycles. The van der Waals surface area contributed by atoms with E-state index in [1.54, 1.807) is 0 Å². The van der Waals surface area contributed by atoms with E-state index < -0.39 is 11.6 Å². The van der Waals surface area contributed by atoms with E-state index in [0.717, 1.165) is 11.3 Å². The van der Waals surface area contributed by atoms with Gasteiger partial charge in [-0.05, 0) is 18.1 Å². The van der Waals surface area contributed by atoms with Gasteiger partial charge in [0.15, 0.2) is 0 Å². The third-order valence-corrected chi connectivity index (χ3v) is 3.85. The number of amides is 1. The molecule has 1 aromatic carbocycles. The van der Waals surface area contributed by atoms with Gasteiger partial charge in [-0.25, -0.2) is 0 Å². The van der Waals surface area contributed by atoms with E-state index in [2.05, 4.69) is 10.6 Å². The first-order chi connectivity index (χ1) is 8.13. The summed E-state index contributed by atoms with van der Waals surface area (Å²) >= 11 is 0. The van der Waals surface area contributed by atoms with Crippen molar-refractivity contribution in [3.05, 3.63) is 29.8 Å². The zero-order valence-electron chi connectivity index (χ0n) is 9.31. The Hall–Kier alpha value is -1.59. The Bertz CT molecular complexity index is 477. The van der Waals surface area contributed by atoms with Crippen LogP contribution in [0.5, 0.6) is 0 Å². The van der Waals surface area contributed by atoms with E-state index in [-0.39, 0.29) is 11.9 Å². The van der Waals surface area contributed by atoms with Crippen molar-refractivity contribution in [1.29, 1.82) is 0 Å². The lowest BCUT2D eigenvalue weighted by atomic mass is 9.79. The quantitative estimate of drug-likeness (QED) is 0.527. The van der Waals surface area contributed by atoms with Crippen LogP contribution in [0.25, 0.3) is 0 Å². The van der Waals surface area contributed by atoms with Gasteiger partial charge in [0, 0.05) is 12.2 Å². The maximum atomic E-state index is 11.2. The maximum absolute atomic E-state index is 11.2. The molecule has 2 unspecified atom stereocenters. The molecule has 0 bridgehead atoms. The van der Waals surface area contributed by atoms with Crippen LogP contribution in [0.4, 0.5) is 5.69 Å². The lowest BCUT2D eigenvalue weighted by molar-refractivity contribution is -0.119.